The number of hydrogen-bond acceptors (Lipinski definition) is 5. The van der Waals surface area contributed by atoms with Gasteiger partial charge in [-0.2, -0.15) is 0 Å². The Balaban J connectivity index is 1.33. The van der Waals surface area contributed by atoms with E-state index < -0.39 is 0 Å². The van der Waals surface area contributed by atoms with Crippen molar-refractivity contribution in [3.05, 3.63) is 102 Å². The fraction of sp³-hybridized carbons (Fsp3) is 0.179. The fourth-order valence-corrected chi connectivity index (χ4v) is 4.28. The lowest BCUT2D eigenvalue weighted by Crippen LogP contribution is -2.30. The first-order valence-electron chi connectivity index (χ1n) is 11.3. The predicted octanol–water partition coefficient (Wildman–Crippen LogP) is 5.75. The summed E-state index contributed by atoms with van der Waals surface area (Å²) in [5, 5.41) is 3.22. The zero-order valence-electron chi connectivity index (χ0n) is 18.9. The number of rotatable bonds is 6. The highest BCUT2D eigenvalue weighted by molar-refractivity contribution is 5.95. The third kappa shape index (κ3) is 4.76. The van der Waals surface area contributed by atoms with Gasteiger partial charge in [-0.1, -0.05) is 36.4 Å². The molecule has 0 saturated carbocycles. The average molecular weight is 452 g/mol. The molecule has 4 aromatic rings. The van der Waals surface area contributed by atoms with E-state index in [2.05, 4.69) is 33.5 Å². The van der Waals surface area contributed by atoms with Crippen LogP contribution in [0.3, 0.4) is 0 Å². The first kappa shape index (κ1) is 21.6. The number of ether oxygens (including phenoxy) is 2. The van der Waals surface area contributed by atoms with Crippen molar-refractivity contribution in [3.63, 3.8) is 0 Å². The molecule has 0 bridgehead atoms. The monoisotopic (exact) mass is 451 g/mol. The molecule has 0 radical (unpaired) electrons. The molecule has 34 heavy (non-hydrogen) atoms. The second kappa shape index (κ2) is 9.75. The Hall–Kier alpha value is -4.19. The van der Waals surface area contributed by atoms with Crippen LogP contribution in [0.5, 0.6) is 17.4 Å². The van der Waals surface area contributed by atoms with Gasteiger partial charge in [-0.3, -0.25) is 4.79 Å². The van der Waals surface area contributed by atoms with Gasteiger partial charge in [0.2, 0.25) is 5.88 Å². The zero-order valence-corrected chi connectivity index (χ0v) is 18.9. The van der Waals surface area contributed by atoms with Crippen molar-refractivity contribution >= 4 is 5.91 Å². The summed E-state index contributed by atoms with van der Waals surface area (Å²) < 4.78 is 11.0. The van der Waals surface area contributed by atoms with E-state index in [0.717, 1.165) is 30.6 Å². The summed E-state index contributed by atoms with van der Waals surface area (Å²) in [7, 11) is 1.62. The zero-order chi connectivity index (χ0) is 23.3. The molecule has 0 saturated heterocycles. The van der Waals surface area contributed by atoms with Crippen molar-refractivity contribution in [2.45, 2.75) is 25.3 Å². The fourth-order valence-electron chi connectivity index (χ4n) is 4.28. The van der Waals surface area contributed by atoms with E-state index in [1.807, 2.05) is 54.6 Å². The van der Waals surface area contributed by atoms with Crippen LogP contribution in [-0.4, -0.2) is 23.0 Å². The highest BCUT2D eigenvalue weighted by Gasteiger charge is 2.22. The number of benzene rings is 3. The maximum atomic E-state index is 13.1. The topological polar surface area (TPSA) is 73.3 Å². The summed E-state index contributed by atoms with van der Waals surface area (Å²) >= 11 is 0. The number of amides is 1. The minimum absolute atomic E-state index is 0.0321. The number of nitrogens with zero attached hydrogens (tertiary/aromatic N) is 2. The Bertz CT molecular complexity index is 1300. The molecule has 1 heterocycles. The minimum Gasteiger partial charge on any atom is -0.497 e. The van der Waals surface area contributed by atoms with Crippen LogP contribution in [0.15, 0.2) is 85.2 Å². The summed E-state index contributed by atoms with van der Waals surface area (Å²) in [6, 6.07) is 24.9. The molecular weight excluding hydrogens is 426 g/mol. The molecule has 170 valence electrons. The van der Waals surface area contributed by atoms with Gasteiger partial charge in [0.25, 0.3) is 5.91 Å². The van der Waals surface area contributed by atoms with Gasteiger partial charge in [0.05, 0.1) is 18.8 Å². The molecule has 5 rings (SSSR count). The summed E-state index contributed by atoms with van der Waals surface area (Å²) in [4.78, 5) is 21.7. The lowest BCUT2D eigenvalue weighted by molar-refractivity contribution is 0.0933. The van der Waals surface area contributed by atoms with Crippen molar-refractivity contribution in [1.82, 2.24) is 15.3 Å². The van der Waals surface area contributed by atoms with Crippen LogP contribution in [0.25, 0.3) is 11.3 Å². The van der Waals surface area contributed by atoms with Gasteiger partial charge >= 0.3 is 0 Å². The molecule has 0 spiro atoms. The molecule has 1 aliphatic rings. The molecule has 6 nitrogen and oxygen atoms in total. The molecule has 3 aromatic carbocycles. The van der Waals surface area contributed by atoms with Crippen molar-refractivity contribution < 1.29 is 14.3 Å². The van der Waals surface area contributed by atoms with E-state index in [9.17, 15) is 4.79 Å². The molecule has 1 aliphatic carbocycles. The summed E-state index contributed by atoms with van der Waals surface area (Å²) in [6.07, 6.45) is 4.53. The molecule has 0 aliphatic heterocycles. The highest BCUT2D eigenvalue weighted by atomic mass is 16.5. The maximum Gasteiger partial charge on any atom is 0.251 e. The number of aryl methyl sites for hydroxylation is 1. The molecule has 0 unspecified atom stereocenters. The Morgan fingerprint density at radius 2 is 1.76 bits per heavy atom. The first-order chi connectivity index (χ1) is 16.7. The number of nitrogens with one attached hydrogen (secondary N) is 1. The van der Waals surface area contributed by atoms with Gasteiger partial charge in [-0.15, -0.1) is 0 Å². The summed E-state index contributed by atoms with van der Waals surface area (Å²) in [5.41, 5.74) is 4.62. The van der Waals surface area contributed by atoms with Crippen molar-refractivity contribution in [2.75, 3.05) is 7.11 Å². The molecule has 1 amide bonds. The third-order valence-electron chi connectivity index (χ3n) is 6.02. The normalized spacial score (nSPS) is 14.7. The lowest BCUT2D eigenvalue weighted by Gasteiger charge is -2.26. The van der Waals surface area contributed by atoms with E-state index in [4.69, 9.17) is 9.47 Å². The van der Waals surface area contributed by atoms with E-state index in [0.29, 0.717) is 22.9 Å². The number of methoxy groups -OCH3 is 1. The van der Waals surface area contributed by atoms with Crippen LogP contribution in [-0.2, 0) is 6.42 Å². The van der Waals surface area contributed by atoms with Crippen LogP contribution >= 0.6 is 0 Å². The van der Waals surface area contributed by atoms with Crippen LogP contribution < -0.4 is 14.8 Å². The standard InChI is InChI=1S/C28H25N3O3/c1-33-22-12-14-23(15-13-22)34-27-17-26(29-18-30-27)20-8-4-9-21(16-20)28(32)31-25-11-5-7-19-6-2-3-10-24(19)25/h2-4,6,8-10,12-18,25H,5,7,11H2,1H3,(H,31,32)/t25-/m0/s1. The number of carbonyl (C=O) groups excluding carboxylic acids is 1. The van der Waals surface area contributed by atoms with Gasteiger partial charge in [-0.05, 0) is 66.8 Å². The van der Waals surface area contributed by atoms with E-state index in [1.165, 1.54) is 17.5 Å². The van der Waals surface area contributed by atoms with Gasteiger partial charge in [0.1, 0.15) is 17.8 Å². The quantitative estimate of drug-likeness (QED) is 0.404. The second-order valence-electron chi connectivity index (χ2n) is 8.22. The van der Waals surface area contributed by atoms with Crippen LogP contribution in [0, 0.1) is 0 Å². The van der Waals surface area contributed by atoms with E-state index in [1.54, 1.807) is 13.2 Å². The molecular formula is C28H25N3O3. The van der Waals surface area contributed by atoms with Crippen molar-refractivity contribution in [3.8, 4) is 28.6 Å². The molecule has 6 heteroatoms. The molecule has 1 N–H and O–H groups in total. The Labute approximate surface area is 198 Å². The van der Waals surface area contributed by atoms with Crippen molar-refractivity contribution in [1.29, 1.82) is 0 Å². The van der Waals surface area contributed by atoms with Crippen LogP contribution in [0.1, 0.15) is 40.4 Å². The Morgan fingerprint density at radius 3 is 2.62 bits per heavy atom. The summed E-state index contributed by atoms with van der Waals surface area (Å²) in [5.74, 6) is 1.73. The predicted molar refractivity (Wildman–Crippen MR) is 130 cm³/mol. The minimum atomic E-state index is -0.0904. The number of aromatic nitrogens is 2. The SMILES string of the molecule is COc1ccc(Oc2cc(-c3cccc(C(=O)N[C@H]4CCCc5ccccc54)c3)ncn2)cc1. The smallest absolute Gasteiger partial charge is 0.251 e. The number of fused-ring (bicyclic) bond motifs is 1. The van der Waals surface area contributed by atoms with Crippen LogP contribution in [0.2, 0.25) is 0 Å². The molecule has 1 atom stereocenters. The Kier molecular flexibility index (Phi) is 6.21. The lowest BCUT2D eigenvalue weighted by atomic mass is 9.87. The largest absolute Gasteiger partial charge is 0.497 e. The van der Waals surface area contributed by atoms with Gasteiger partial charge in [0.15, 0.2) is 0 Å². The van der Waals surface area contributed by atoms with Gasteiger partial charge < -0.3 is 14.8 Å². The Morgan fingerprint density at radius 1 is 0.941 bits per heavy atom. The maximum absolute atomic E-state index is 13.1. The first-order valence-corrected chi connectivity index (χ1v) is 11.3. The van der Waals surface area contributed by atoms with Crippen LogP contribution in [0.4, 0.5) is 0 Å². The van der Waals surface area contributed by atoms with E-state index in [-0.39, 0.29) is 11.9 Å². The number of carbonyl (C=O) groups is 1. The summed E-state index contributed by atoms with van der Waals surface area (Å²) in [6.45, 7) is 0. The average Bonchev–Trinajstić information content (AvgIpc) is 2.89. The van der Waals surface area contributed by atoms with Crippen molar-refractivity contribution in [2.24, 2.45) is 0 Å². The molecule has 0 fully saturated rings. The number of hydrogen-bond donors (Lipinski definition) is 1. The van der Waals surface area contributed by atoms with E-state index >= 15 is 0 Å². The second-order valence-corrected chi connectivity index (χ2v) is 8.22. The third-order valence-corrected chi connectivity index (χ3v) is 6.02. The van der Waals surface area contributed by atoms with Gasteiger partial charge in [0, 0.05) is 17.2 Å². The highest BCUT2D eigenvalue weighted by Crippen LogP contribution is 2.30. The van der Waals surface area contributed by atoms with Gasteiger partial charge in [-0.25, -0.2) is 9.97 Å². The molecule has 1 aromatic heterocycles.